The van der Waals surface area contributed by atoms with E-state index in [2.05, 4.69) is 51.2 Å². The number of hydrogen-bond donors (Lipinski definition) is 1. The van der Waals surface area contributed by atoms with Gasteiger partial charge < -0.3 is 10.1 Å². The maximum Gasteiger partial charge on any atom is 0.0759 e. The van der Waals surface area contributed by atoms with Gasteiger partial charge in [-0.05, 0) is 75.6 Å². The average Bonchev–Trinajstić information content (AvgIpc) is 3.29. The lowest BCUT2D eigenvalue weighted by Crippen LogP contribution is -2.44. The summed E-state index contributed by atoms with van der Waals surface area (Å²) in [6.45, 7) is 10.6. The van der Waals surface area contributed by atoms with Gasteiger partial charge in [-0.25, -0.2) is 0 Å². The van der Waals surface area contributed by atoms with Gasteiger partial charge in [0.05, 0.1) is 6.10 Å². The lowest BCUT2D eigenvalue weighted by molar-refractivity contribution is 0.0192. The topological polar surface area (TPSA) is 21.3 Å². The molecule has 1 fully saturated rings. The molecule has 0 amide bonds. The predicted octanol–water partition coefficient (Wildman–Crippen LogP) is 4.03. The minimum atomic E-state index is 0.378. The SMILES string of the molecule is CCCNC(Cc1ccc(C)c(C)c1)C(OCC)C1CC1. The molecular weight excluding hydrogens is 258 g/mol. The van der Waals surface area contributed by atoms with Gasteiger partial charge in [0.15, 0.2) is 0 Å². The quantitative estimate of drug-likeness (QED) is 0.741. The number of benzene rings is 1. The minimum absolute atomic E-state index is 0.378. The van der Waals surface area contributed by atoms with Gasteiger partial charge in [-0.3, -0.25) is 0 Å². The molecule has 1 N–H and O–H groups in total. The van der Waals surface area contributed by atoms with Crippen LogP contribution in [0.1, 0.15) is 49.8 Å². The van der Waals surface area contributed by atoms with Crippen LogP contribution in [0.2, 0.25) is 0 Å². The monoisotopic (exact) mass is 289 g/mol. The summed E-state index contributed by atoms with van der Waals surface area (Å²) in [5.74, 6) is 0.769. The third-order valence-electron chi connectivity index (χ3n) is 4.53. The van der Waals surface area contributed by atoms with E-state index in [0.29, 0.717) is 12.1 Å². The first-order chi connectivity index (χ1) is 10.2. The summed E-state index contributed by atoms with van der Waals surface area (Å²) in [7, 11) is 0. The average molecular weight is 289 g/mol. The fourth-order valence-electron chi connectivity index (χ4n) is 3.02. The van der Waals surface area contributed by atoms with Crippen molar-refractivity contribution in [3.63, 3.8) is 0 Å². The van der Waals surface area contributed by atoms with Crippen molar-refractivity contribution >= 4 is 0 Å². The zero-order valence-electron chi connectivity index (χ0n) is 14.1. The van der Waals surface area contributed by atoms with Crippen molar-refractivity contribution in [3.05, 3.63) is 34.9 Å². The van der Waals surface area contributed by atoms with Crippen molar-refractivity contribution in [1.29, 1.82) is 0 Å². The molecule has 1 aromatic rings. The van der Waals surface area contributed by atoms with E-state index >= 15 is 0 Å². The predicted molar refractivity (Wildman–Crippen MR) is 89.8 cm³/mol. The van der Waals surface area contributed by atoms with Crippen LogP contribution in [0.3, 0.4) is 0 Å². The molecule has 1 saturated carbocycles. The smallest absolute Gasteiger partial charge is 0.0759 e. The summed E-state index contributed by atoms with van der Waals surface area (Å²) in [6, 6.07) is 7.30. The van der Waals surface area contributed by atoms with E-state index in [4.69, 9.17) is 4.74 Å². The minimum Gasteiger partial charge on any atom is -0.377 e. The van der Waals surface area contributed by atoms with Gasteiger partial charge in [-0.2, -0.15) is 0 Å². The molecule has 0 spiro atoms. The van der Waals surface area contributed by atoms with E-state index in [1.807, 2.05) is 0 Å². The number of rotatable bonds is 9. The molecule has 21 heavy (non-hydrogen) atoms. The molecule has 2 nitrogen and oxygen atoms in total. The van der Waals surface area contributed by atoms with E-state index < -0.39 is 0 Å². The van der Waals surface area contributed by atoms with Crippen molar-refractivity contribution in [2.45, 2.75) is 65.5 Å². The highest BCUT2D eigenvalue weighted by Gasteiger charge is 2.36. The second-order valence-corrected chi connectivity index (χ2v) is 6.44. The Labute approximate surface area is 130 Å². The van der Waals surface area contributed by atoms with Crippen molar-refractivity contribution in [2.24, 2.45) is 5.92 Å². The van der Waals surface area contributed by atoms with Crippen LogP contribution in [0, 0.1) is 19.8 Å². The van der Waals surface area contributed by atoms with Gasteiger partial charge in [0.25, 0.3) is 0 Å². The largest absolute Gasteiger partial charge is 0.377 e. The molecule has 0 aromatic heterocycles. The first-order valence-electron chi connectivity index (χ1n) is 8.56. The van der Waals surface area contributed by atoms with Crippen LogP contribution in [-0.4, -0.2) is 25.3 Å². The highest BCUT2D eigenvalue weighted by molar-refractivity contribution is 5.30. The van der Waals surface area contributed by atoms with E-state index in [1.165, 1.54) is 36.0 Å². The van der Waals surface area contributed by atoms with Crippen molar-refractivity contribution < 1.29 is 4.74 Å². The van der Waals surface area contributed by atoms with E-state index in [-0.39, 0.29) is 0 Å². The van der Waals surface area contributed by atoms with Gasteiger partial charge in [0.2, 0.25) is 0 Å². The lowest BCUT2D eigenvalue weighted by atomic mass is 9.95. The first-order valence-corrected chi connectivity index (χ1v) is 8.56. The van der Waals surface area contributed by atoms with Gasteiger partial charge in [0.1, 0.15) is 0 Å². The van der Waals surface area contributed by atoms with Gasteiger partial charge >= 0.3 is 0 Å². The molecule has 1 aliphatic carbocycles. The Hall–Kier alpha value is -0.860. The summed E-state index contributed by atoms with van der Waals surface area (Å²) in [6.07, 6.45) is 5.29. The molecule has 1 aromatic carbocycles. The summed E-state index contributed by atoms with van der Waals surface area (Å²) in [5.41, 5.74) is 4.19. The molecule has 0 saturated heterocycles. The van der Waals surface area contributed by atoms with E-state index in [9.17, 15) is 0 Å². The molecule has 2 heteroatoms. The number of nitrogens with one attached hydrogen (secondary N) is 1. The molecule has 2 rings (SSSR count). The van der Waals surface area contributed by atoms with Gasteiger partial charge in [0, 0.05) is 12.6 Å². The third-order valence-corrected chi connectivity index (χ3v) is 4.53. The summed E-state index contributed by atoms with van der Waals surface area (Å²) in [5, 5.41) is 3.73. The Bertz CT molecular complexity index is 439. The van der Waals surface area contributed by atoms with Crippen molar-refractivity contribution in [2.75, 3.05) is 13.2 Å². The number of ether oxygens (including phenoxy) is 1. The van der Waals surface area contributed by atoms with Crippen LogP contribution >= 0.6 is 0 Å². The van der Waals surface area contributed by atoms with E-state index in [1.54, 1.807) is 0 Å². The van der Waals surface area contributed by atoms with Crippen LogP contribution in [0.25, 0.3) is 0 Å². The first kappa shape index (κ1) is 16.5. The van der Waals surface area contributed by atoms with Crippen LogP contribution < -0.4 is 5.32 Å². The number of hydrogen-bond acceptors (Lipinski definition) is 2. The standard InChI is InChI=1S/C19H31NO/c1-5-11-20-18(19(21-6-2)17-9-10-17)13-16-8-7-14(3)15(4)12-16/h7-8,12,17-20H,5-6,9-11,13H2,1-4H3. The second-order valence-electron chi connectivity index (χ2n) is 6.44. The Morgan fingerprint density at radius 3 is 2.52 bits per heavy atom. The normalized spacial score (nSPS) is 17.7. The maximum absolute atomic E-state index is 6.09. The Balaban J connectivity index is 2.08. The lowest BCUT2D eigenvalue weighted by Gasteiger charge is -2.28. The fourth-order valence-corrected chi connectivity index (χ4v) is 3.02. The molecule has 2 atom stereocenters. The zero-order valence-corrected chi connectivity index (χ0v) is 14.1. The Morgan fingerprint density at radius 2 is 1.95 bits per heavy atom. The Kier molecular flexibility index (Phi) is 6.25. The Morgan fingerprint density at radius 1 is 1.19 bits per heavy atom. The van der Waals surface area contributed by atoms with Crippen molar-refractivity contribution in [3.8, 4) is 0 Å². The van der Waals surface area contributed by atoms with Gasteiger partial charge in [-0.1, -0.05) is 25.1 Å². The molecule has 0 radical (unpaired) electrons. The molecule has 2 unspecified atom stereocenters. The van der Waals surface area contributed by atoms with Crippen LogP contribution in [0.4, 0.5) is 0 Å². The zero-order chi connectivity index (χ0) is 15.2. The van der Waals surface area contributed by atoms with Gasteiger partial charge in [-0.15, -0.1) is 0 Å². The molecule has 118 valence electrons. The van der Waals surface area contributed by atoms with E-state index in [0.717, 1.165) is 25.5 Å². The summed E-state index contributed by atoms with van der Waals surface area (Å²) < 4.78 is 6.09. The maximum atomic E-state index is 6.09. The molecule has 0 heterocycles. The van der Waals surface area contributed by atoms with Crippen LogP contribution in [-0.2, 0) is 11.2 Å². The molecule has 1 aliphatic rings. The molecular formula is C19H31NO. The van der Waals surface area contributed by atoms with Crippen LogP contribution in [0.15, 0.2) is 18.2 Å². The highest BCUT2D eigenvalue weighted by atomic mass is 16.5. The third kappa shape index (κ3) is 4.82. The highest BCUT2D eigenvalue weighted by Crippen LogP contribution is 2.36. The number of aryl methyl sites for hydroxylation is 2. The van der Waals surface area contributed by atoms with Crippen molar-refractivity contribution in [1.82, 2.24) is 5.32 Å². The van der Waals surface area contributed by atoms with Crippen LogP contribution in [0.5, 0.6) is 0 Å². The molecule has 0 aliphatic heterocycles. The fraction of sp³-hybridized carbons (Fsp3) is 0.684. The molecule has 0 bridgehead atoms. The second kappa shape index (κ2) is 7.95. The summed E-state index contributed by atoms with van der Waals surface area (Å²) >= 11 is 0. The summed E-state index contributed by atoms with van der Waals surface area (Å²) in [4.78, 5) is 0.